The van der Waals surface area contributed by atoms with Gasteiger partial charge in [0.25, 0.3) is 5.91 Å². The molecule has 0 saturated heterocycles. The molecule has 0 aromatic heterocycles. The highest BCUT2D eigenvalue weighted by molar-refractivity contribution is 9.10. The van der Waals surface area contributed by atoms with Crippen LogP contribution in [0.5, 0.6) is 5.75 Å². The van der Waals surface area contributed by atoms with Crippen LogP contribution in [0.2, 0.25) is 0 Å². The van der Waals surface area contributed by atoms with Crippen molar-refractivity contribution in [3.63, 3.8) is 0 Å². The summed E-state index contributed by atoms with van der Waals surface area (Å²) in [6.45, 7) is -0.265. The predicted molar refractivity (Wildman–Crippen MR) is 127 cm³/mol. The van der Waals surface area contributed by atoms with Gasteiger partial charge in [0, 0.05) is 15.6 Å². The minimum atomic E-state index is -0.439. The zero-order valence-corrected chi connectivity index (χ0v) is 18.5. The van der Waals surface area contributed by atoms with Crippen LogP contribution in [0.25, 0.3) is 0 Å². The van der Waals surface area contributed by atoms with Crippen LogP contribution in [0.15, 0.2) is 87.4 Å². The average Bonchev–Trinajstić information content (AvgIpc) is 2.92. The second-order valence-corrected chi connectivity index (χ2v) is 7.97. The molecule has 160 valence electrons. The Hall–Kier alpha value is -3.78. The van der Waals surface area contributed by atoms with Gasteiger partial charge in [-0.1, -0.05) is 46.3 Å². The lowest BCUT2D eigenvalue weighted by molar-refractivity contribution is -0.123. The summed E-state index contributed by atoms with van der Waals surface area (Å²) in [5.74, 6) is -0.573. The number of benzene rings is 3. The van der Waals surface area contributed by atoms with Gasteiger partial charge in [-0.05, 0) is 48.0 Å². The van der Waals surface area contributed by atoms with Gasteiger partial charge in [-0.25, -0.2) is 5.43 Å². The van der Waals surface area contributed by atoms with Crippen LogP contribution in [-0.2, 0) is 9.59 Å². The second kappa shape index (κ2) is 9.57. The van der Waals surface area contributed by atoms with Crippen molar-refractivity contribution in [3.8, 4) is 5.75 Å². The molecule has 2 amide bonds. The summed E-state index contributed by atoms with van der Waals surface area (Å²) < 4.78 is 0.845. The molecule has 0 aliphatic carbocycles. The maximum atomic E-state index is 12.9. The molecule has 4 rings (SSSR count). The standard InChI is InChI=1S/C24H19BrN4O3/c25-18-8-11-21-20(12-18)24(17-4-2-1-3-5-17)26-14-23(32)29(21)15-22(31)28-27-13-16-6-9-19(30)10-7-16/h1-13,30H,14-15H2,(H,28,31)/b27-13+. The number of hydrazone groups is 1. The quantitative estimate of drug-likeness (QED) is 0.423. The van der Waals surface area contributed by atoms with Gasteiger partial charge in [0.2, 0.25) is 5.91 Å². The van der Waals surface area contributed by atoms with Gasteiger partial charge in [0.1, 0.15) is 18.8 Å². The van der Waals surface area contributed by atoms with E-state index in [1.54, 1.807) is 18.2 Å². The monoisotopic (exact) mass is 490 g/mol. The number of hydrogen-bond donors (Lipinski definition) is 2. The smallest absolute Gasteiger partial charge is 0.260 e. The SMILES string of the molecule is O=C(CN1C(=O)CN=C(c2ccccc2)c2cc(Br)ccc21)N/N=C/c1ccc(O)cc1. The number of amides is 2. The highest BCUT2D eigenvalue weighted by atomic mass is 79.9. The van der Waals surface area contributed by atoms with E-state index in [1.807, 2.05) is 42.5 Å². The van der Waals surface area contributed by atoms with E-state index < -0.39 is 5.91 Å². The van der Waals surface area contributed by atoms with Crippen LogP contribution in [0.3, 0.4) is 0 Å². The van der Waals surface area contributed by atoms with E-state index in [0.717, 1.165) is 15.6 Å². The number of anilines is 1. The number of nitrogens with zero attached hydrogens (tertiary/aromatic N) is 3. The Morgan fingerprint density at radius 1 is 1.12 bits per heavy atom. The third kappa shape index (κ3) is 4.92. The van der Waals surface area contributed by atoms with E-state index in [9.17, 15) is 14.7 Å². The summed E-state index contributed by atoms with van der Waals surface area (Å²) in [5, 5.41) is 13.3. The van der Waals surface area contributed by atoms with E-state index in [1.165, 1.54) is 23.2 Å². The van der Waals surface area contributed by atoms with E-state index in [-0.39, 0.29) is 24.7 Å². The minimum absolute atomic E-state index is 0.0689. The van der Waals surface area contributed by atoms with Gasteiger partial charge in [-0.2, -0.15) is 5.10 Å². The Labute approximate surface area is 193 Å². The van der Waals surface area contributed by atoms with E-state index >= 15 is 0 Å². The van der Waals surface area contributed by atoms with Gasteiger partial charge in [0.15, 0.2) is 0 Å². The van der Waals surface area contributed by atoms with Crippen molar-refractivity contribution >= 4 is 45.4 Å². The number of phenolic OH excluding ortho intramolecular Hbond substituents is 1. The maximum Gasteiger partial charge on any atom is 0.260 e. The van der Waals surface area contributed by atoms with Crippen LogP contribution < -0.4 is 10.3 Å². The number of carbonyl (C=O) groups is 2. The molecule has 0 bridgehead atoms. The van der Waals surface area contributed by atoms with Crippen molar-refractivity contribution in [3.05, 3.63) is 94.0 Å². The number of aliphatic imine (C=N–C) groups is 1. The molecule has 8 heteroatoms. The average molecular weight is 491 g/mol. The predicted octanol–water partition coefficient (Wildman–Crippen LogP) is 3.49. The summed E-state index contributed by atoms with van der Waals surface area (Å²) in [4.78, 5) is 31.4. The number of carbonyl (C=O) groups excluding carboxylic acids is 2. The lowest BCUT2D eigenvalue weighted by Crippen LogP contribution is -2.40. The molecule has 2 N–H and O–H groups in total. The molecule has 3 aromatic rings. The Kier molecular flexibility index (Phi) is 6.42. The van der Waals surface area contributed by atoms with Crippen molar-refractivity contribution in [2.75, 3.05) is 18.0 Å². The molecule has 0 unspecified atom stereocenters. The van der Waals surface area contributed by atoms with E-state index in [4.69, 9.17) is 0 Å². The first-order valence-corrected chi connectivity index (χ1v) is 10.6. The van der Waals surface area contributed by atoms with Gasteiger partial charge >= 0.3 is 0 Å². The van der Waals surface area contributed by atoms with Crippen molar-refractivity contribution < 1.29 is 14.7 Å². The van der Waals surface area contributed by atoms with Crippen molar-refractivity contribution in [1.29, 1.82) is 0 Å². The zero-order chi connectivity index (χ0) is 22.5. The van der Waals surface area contributed by atoms with Crippen LogP contribution in [0.4, 0.5) is 5.69 Å². The Morgan fingerprint density at radius 2 is 1.88 bits per heavy atom. The Morgan fingerprint density at radius 3 is 2.62 bits per heavy atom. The summed E-state index contributed by atoms with van der Waals surface area (Å²) >= 11 is 3.49. The highest BCUT2D eigenvalue weighted by Crippen LogP contribution is 2.29. The first-order valence-electron chi connectivity index (χ1n) is 9.82. The number of nitrogens with one attached hydrogen (secondary N) is 1. The third-order valence-corrected chi connectivity index (χ3v) is 5.32. The molecule has 3 aromatic carbocycles. The Bertz CT molecular complexity index is 1210. The van der Waals surface area contributed by atoms with E-state index in [0.29, 0.717) is 17.0 Å². The Balaban J connectivity index is 1.56. The topological polar surface area (TPSA) is 94.4 Å². The molecular weight excluding hydrogens is 472 g/mol. The maximum absolute atomic E-state index is 12.9. The lowest BCUT2D eigenvalue weighted by atomic mass is 10.0. The number of hydrogen-bond acceptors (Lipinski definition) is 5. The van der Waals surface area contributed by atoms with Crippen molar-refractivity contribution in [2.45, 2.75) is 0 Å². The second-order valence-electron chi connectivity index (χ2n) is 7.06. The van der Waals surface area contributed by atoms with Gasteiger partial charge < -0.3 is 10.0 Å². The number of rotatable bonds is 5. The molecule has 0 atom stereocenters. The fourth-order valence-corrected chi connectivity index (χ4v) is 3.68. The third-order valence-electron chi connectivity index (χ3n) is 4.82. The van der Waals surface area contributed by atoms with Gasteiger partial charge in [-0.3, -0.25) is 14.6 Å². The molecular formula is C24H19BrN4O3. The number of aromatic hydroxyl groups is 1. The van der Waals surface area contributed by atoms with E-state index in [2.05, 4.69) is 31.4 Å². The van der Waals surface area contributed by atoms with Gasteiger partial charge in [0.05, 0.1) is 17.6 Å². The number of phenols is 1. The fourth-order valence-electron chi connectivity index (χ4n) is 3.32. The van der Waals surface area contributed by atoms with Crippen molar-refractivity contribution in [1.82, 2.24) is 5.43 Å². The molecule has 1 aliphatic heterocycles. The van der Waals surface area contributed by atoms with Crippen molar-refractivity contribution in [2.24, 2.45) is 10.1 Å². The van der Waals surface area contributed by atoms with Crippen LogP contribution in [-0.4, -0.2) is 41.9 Å². The zero-order valence-electron chi connectivity index (χ0n) is 16.9. The van der Waals surface area contributed by atoms with Crippen LogP contribution in [0, 0.1) is 0 Å². The molecule has 7 nitrogen and oxygen atoms in total. The first kappa shape index (κ1) is 21.5. The fraction of sp³-hybridized carbons (Fsp3) is 0.0833. The summed E-state index contributed by atoms with van der Waals surface area (Å²) in [6, 6.07) is 21.5. The molecule has 1 aliphatic rings. The highest BCUT2D eigenvalue weighted by Gasteiger charge is 2.27. The number of fused-ring (bicyclic) bond motifs is 1. The normalized spacial score (nSPS) is 13.5. The summed E-state index contributed by atoms with van der Waals surface area (Å²) in [7, 11) is 0. The van der Waals surface area contributed by atoms with Crippen LogP contribution in [0.1, 0.15) is 16.7 Å². The largest absolute Gasteiger partial charge is 0.508 e. The molecule has 32 heavy (non-hydrogen) atoms. The minimum Gasteiger partial charge on any atom is -0.508 e. The molecule has 0 saturated carbocycles. The molecule has 0 fully saturated rings. The summed E-state index contributed by atoms with van der Waals surface area (Å²) in [5.41, 5.74) is 6.12. The molecule has 0 radical (unpaired) electrons. The first-order chi connectivity index (χ1) is 15.5. The molecule has 0 spiro atoms. The molecule has 1 heterocycles. The van der Waals surface area contributed by atoms with Crippen LogP contribution >= 0.6 is 15.9 Å². The lowest BCUT2D eigenvalue weighted by Gasteiger charge is -2.22. The summed E-state index contributed by atoms with van der Waals surface area (Å²) in [6.07, 6.45) is 1.46. The van der Waals surface area contributed by atoms with Gasteiger partial charge in [-0.15, -0.1) is 0 Å². The number of benzodiazepines with no additional fused rings is 1. The number of halogens is 1.